The second-order valence-corrected chi connectivity index (χ2v) is 4.52. The number of non-ortho nitro benzene ring substituents is 1. The van der Waals surface area contributed by atoms with Gasteiger partial charge in [-0.05, 0) is 12.5 Å². The summed E-state index contributed by atoms with van der Waals surface area (Å²) in [6, 6.07) is 5.04. The van der Waals surface area contributed by atoms with Gasteiger partial charge in [0, 0.05) is 30.8 Å². The number of hydrogen-bond donors (Lipinski definition) is 1. The van der Waals surface area contributed by atoms with Crippen LogP contribution in [0.3, 0.4) is 0 Å². The topological polar surface area (TPSA) is 92.6 Å². The van der Waals surface area contributed by atoms with Crippen LogP contribution in [0.25, 0.3) is 0 Å². The second kappa shape index (κ2) is 5.68. The van der Waals surface area contributed by atoms with Crippen LogP contribution in [0, 0.1) is 10.1 Å². The molecule has 20 heavy (non-hydrogen) atoms. The standard InChI is InChI=1S/C13H15N3O4/c1-2-11-12(17)14-6-7-15(11)13(18)9-4-3-5-10(8-9)16(19)20/h3-5,8,11H,2,6-7H2,1H3,(H,14,17). The molecule has 1 aliphatic rings. The van der Waals surface area contributed by atoms with Gasteiger partial charge in [-0.15, -0.1) is 0 Å². The van der Waals surface area contributed by atoms with Gasteiger partial charge in [-0.25, -0.2) is 0 Å². The molecule has 1 atom stereocenters. The van der Waals surface area contributed by atoms with Crippen LogP contribution >= 0.6 is 0 Å². The first-order valence-electron chi connectivity index (χ1n) is 6.37. The summed E-state index contributed by atoms with van der Waals surface area (Å²) in [5.74, 6) is -0.534. The van der Waals surface area contributed by atoms with Crippen molar-refractivity contribution in [3.8, 4) is 0 Å². The fraction of sp³-hybridized carbons (Fsp3) is 0.385. The number of nitro benzene ring substituents is 1. The van der Waals surface area contributed by atoms with E-state index in [4.69, 9.17) is 0 Å². The highest BCUT2D eigenvalue weighted by atomic mass is 16.6. The molecular formula is C13H15N3O4. The highest BCUT2D eigenvalue weighted by Gasteiger charge is 2.32. The van der Waals surface area contributed by atoms with E-state index in [0.29, 0.717) is 19.5 Å². The van der Waals surface area contributed by atoms with Gasteiger partial charge < -0.3 is 10.2 Å². The summed E-state index contributed by atoms with van der Waals surface area (Å²) in [6.07, 6.45) is 0.506. The van der Waals surface area contributed by atoms with Crippen molar-refractivity contribution in [3.63, 3.8) is 0 Å². The predicted octanol–water partition coefficient (Wildman–Crippen LogP) is 0.945. The molecule has 2 rings (SSSR count). The number of amides is 2. The van der Waals surface area contributed by atoms with Crippen LogP contribution in [0.15, 0.2) is 24.3 Å². The minimum atomic E-state index is -0.545. The first-order valence-corrected chi connectivity index (χ1v) is 6.37. The zero-order valence-electron chi connectivity index (χ0n) is 11.0. The molecular weight excluding hydrogens is 262 g/mol. The molecule has 1 saturated heterocycles. The van der Waals surface area contributed by atoms with Gasteiger partial charge in [0.2, 0.25) is 5.91 Å². The third-order valence-corrected chi connectivity index (χ3v) is 3.28. The Morgan fingerprint density at radius 2 is 2.30 bits per heavy atom. The summed E-state index contributed by atoms with van der Waals surface area (Å²) in [5, 5.41) is 13.4. The largest absolute Gasteiger partial charge is 0.353 e. The molecule has 0 spiro atoms. The maximum absolute atomic E-state index is 12.4. The molecule has 1 fully saturated rings. The monoisotopic (exact) mass is 277 g/mol. The minimum absolute atomic E-state index is 0.134. The first kappa shape index (κ1) is 14.0. The Hall–Kier alpha value is -2.44. The molecule has 1 unspecified atom stereocenters. The molecule has 7 heteroatoms. The SMILES string of the molecule is CCC1C(=O)NCCN1C(=O)c1cccc([N+](=O)[O-])c1. The Balaban J connectivity index is 2.28. The fourth-order valence-electron chi connectivity index (χ4n) is 2.28. The number of nitrogens with zero attached hydrogens (tertiary/aromatic N) is 2. The first-order chi connectivity index (χ1) is 9.54. The maximum atomic E-state index is 12.4. The van der Waals surface area contributed by atoms with E-state index in [1.165, 1.54) is 29.2 Å². The predicted molar refractivity (Wildman–Crippen MR) is 71.2 cm³/mol. The summed E-state index contributed by atoms with van der Waals surface area (Å²) in [5.41, 5.74) is 0.0951. The van der Waals surface area contributed by atoms with E-state index < -0.39 is 11.0 Å². The Bertz CT molecular complexity index is 558. The Morgan fingerprint density at radius 3 is 2.95 bits per heavy atom. The van der Waals surface area contributed by atoms with Crippen LogP contribution in [0.5, 0.6) is 0 Å². The Labute approximate surface area is 115 Å². The lowest BCUT2D eigenvalue weighted by atomic mass is 10.1. The molecule has 1 N–H and O–H groups in total. The van der Waals surface area contributed by atoms with Crippen molar-refractivity contribution < 1.29 is 14.5 Å². The van der Waals surface area contributed by atoms with Crippen LogP contribution in [0.4, 0.5) is 5.69 Å². The Morgan fingerprint density at radius 1 is 1.55 bits per heavy atom. The molecule has 1 aromatic rings. The quantitative estimate of drug-likeness (QED) is 0.657. The zero-order chi connectivity index (χ0) is 14.7. The molecule has 106 valence electrons. The molecule has 0 radical (unpaired) electrons. The number of piperazine rings is 1. The highest BCUT2D eigenvalue weighted by Crippen LogP contribution is 2.18. The molecule has 0 aliphatic carbocycles. The number of rotatable bonds is 3. The third-order valence-electron chi connectivity index (χ3n) is 3.28. The number of carbonyl (C=O) groups is 2. The summed E-state index contributed by atoms with van der Waals surface area (Å²) in [4.78, 5) is 35.8. The van der Waals surface area contributed by atoms with Crippen LogP contribution in [-0.4, -0.2) is 40.8 Å². The van der Waals surface area contributed by atoms with E-state index in [2.05, 4.69) is 5.32 Å². The van der Waals surface area contributed by atoms with Crippen molar-refractivity contribution >= 4 is 17.5 Å². The van der Waals surface area contributed by atoms with Crippen molar-refractivity contribution in [2.45, 2.75) is 19.4 Å². The van der Waals surface area contributed by atoms with Crippen molar-refractivity contribution in [2.24, 2.45) is 0 Å². The van der Waals surface area contributed by atoms with Crippen molar-refractivity contribution in [3.05, 3.63) is 39.9 Å². The Kier molecular flexibility index (Phi) is 3.97. The number of hydrogen-bond acceptors (Lipinski definition) is 4. The van der Waals surface area contributed by atoms with E-state index in [1.807, 2.05) is 6.92 Å². The van der Waals surface area contributed by atoms with Gasteiger partial charge >= 0.3 is 0 Å². The lowest BCUT2D eigenvalue weighted by molar-refractivity contribution is -0.384. The summed E-state index contributed by atoms with van der Waals surface area (Å²) < 4.78 is 0. The number of nitrogens with one attached hydrogen (secondary N) is 1. The molecule has 0 bridgehead atoms. The van der Waals surface area contributed by atoms with E-state index >= 15 is 0 Å². The van der Waals surface area contributed by atoms with Gasteiger partial charge in [-0.2, -0.15) is 0 Å². The zero-order valence-corrected chi connectivity index (χ0v) is 11.0. The summed E-state index contributed by atoms with van der Waals surface area (Å²) >= 11 is 0. The molecule has 0 saturated carbocycles. The maximum Gasteiger partial charge on any atom is 0.270 e. The van der Waals surface area contributed by atoms with Gasteiger partial charge in [0.15, 0.2) is 0 Å². The van der Waals surface area contributed by atoms with Gasteiger partial charge in [0.1, 0.15) is 6.04 Å². The van der Waals surface area contributed by atoms with Gasteiger partial charge in [-0.1, -0.05) is 13.0 Å². The summed E-state index contributed by atoms with van der Waals surface area (Å²) in [6.45, 7) is 2.63. The van der Waals surface area contributed by atoms with Crippen molar-refractivity contribution in [1.82, 2.24) is 10.2 Å². The molecule has 1 aliphatic heterocycles. The van der Waals surface area contributed by atoms with Crippen molar-refractivity contribution in [1.29, 1.82) is 0 Å². The van der Waals surface area contributed by atoms with E-state index in [-0.39, 0.29) is 23.1 Å². The third kappa shape index (κ3) is 2.61. The van der Waals surface area contributed by atoms with Crippen LogP contribution in [0.2, 0.25) is 0 Å². The average Bonchev–Trinajstić information content (AvgIpc) is 2.46. The lowest BCUT2D eigenvalue weighted by Crippen LogP contribution is -2.56. The minimum Gasteiger partial charge on any atom is -0.353 e. The molecule has 1 aromatic carbocycles. The van der Waals surface area contributed by atoms with E-state index in [9.17, 15) is 19.7 Å². The lowest BCUT2D eigenvalue weighted by Gasteiger charge is -2.34. The van der Waals surface area contributed by atoms with Gasteiger partial charge in [0.05, 0.1) is 4.92 Å². The smallest absolute Gasteiger partial charge is 0.270 e. The van der Waals surface area contributed by atoms with E-state index in [1.54, 1.807) is 0 Å². The van der Waals surface area contributed by atoms with Crippen LogP contribution < -0.4 is 5.32 Å². The fourth-order valence-corrected chi connectivity index (χ4v) is 2.28. The molecule has 1 heterocycles. The average molecular weight is 277 g/mol. The molecule has 0 aromatic heterocycles. The number of carbonyl (C=O) groups excluding carboxylic acids is 2. The highest BCUT2D eigenvalue weighted by molar-refractivity contribution is 5.98. The molecule has 7 nitrogen and oxygen atoms in total. The van der Waals surface area contributed by atoms with Crippen LogP contribution in [0.1, 0.15) is 23.7 Å². The summed E-state index contributed by atoms with van der Waals surface area (Å²) in [7, 11) is 0. The van der Waals surface area contributed by atoms with Gasteiger partial charge in [0.25, 0.3) is 11.6 Å². The van der Waals surface area contributed by atoms with Crippen LogP contribution in [-0.2, 0) is 4.79 Å². The second-order valence-electron chi connectivity index (χ2n) is 4.52. The van der Waals surface area contributed by atoms with Crippen molar-refractivity contribution in [2.75, 3.05) is 13.1 Å². The molecule has 2 amide bonds. The number of benzene rings is 1. The van der Waals surface area contributed by atoms with Gasteiger partial charge in [-0.3, -0.25) is 19.7 Å². The normalized spacial score (nSPS) is 18.6. The number of nitro groups is 1. The van der Waals surface area contributed by atoms with E-state index in [0.717, 1.165) is 0 Å².